The fraction of sp³-hybridized carbons (Fsp3) is 0.941. The van der Waals surface area contributed by atoms with E-state index in [0.717, 1.165) is 30.7 Å². The Hall–Kier alpha value is -0.570. The number of nitrogens with one attached hydrogen (secondary N) is 1. The van der Waals surface area contributed by atoms with Crippen LogP contribution in [-0.4, -0.2) is 19.0 Å². The van der Waals surface area contributed by atoms with Crippen LogP contribution in [0.4, 0.5) is 0 Å². The van der Waals surface area contributed by atoms with Crippen LogP contribution in [0.25, 0.3) is 0 Å². The molecular weight excluding hydrogens is 248 g/mol. The van der Waals surface area contributed by atoms with Crippen molar-refractivity contribution in [1.82, 2.24) is 5.32 Å². The molecular formula is C17H30N2O. The second kappa shape index (κ2) is 5.01. The Bertz CT molecular complexity index is 351. The average molecular weight is 278 g/mol. The lowest BCUT2D eigenvalue weighted by Gasteiger charge is -2.57. The predicted molar refractivity (Wildman–Crippen MR) is 81.1 cm³/mol. The molecule has 1 amide bonds. The zero-order valence-electron chi connectivity index (χ0n) is 13.1. The van der Waals surface area contributed by atoms with Crippen LogP contribution in [0.5, 0.6) is 0 Å². The third-order valence-electron chi connectivity index (χ3n) is 6.57. The predicted octanol–water partition coefficient (Wildman–Crippen LogP) is 2.69. The van der Waals surface area contributed by atoms with Gasteiger partial charge in [0.25, 0.3) is 0 Å². The molecule has 0 radical (unpaired) electrons. The van der Waals surface area contributed by atoms with Gasteiger partial charge in [-0.1, -0.05) is 6.92 Å². The van der Waals surface area contributed by atoms with Crippen molar-refractivity contribution in [1.29, 1.82) is 0 Å². The monoisotopic (exact) mass is 278 g/mol. The van der Waals surface area contributed by atoms with Gasteiger partial charge in [0, 0.05) is 13.1 Å². The van der Waals surface area contributed by atoms with Crippen LogP contribution in [0.2, 0.25) is 0 Å². The molecule has 4 saturated carbocycles. The van der Waals surface area contributed by atoms with E-state index in [9.17, 15) is 4.79 Å². The minimum atomic E-state index is -0.387. The van der Waals surface area contributed by atoms with Gasteiger partial charge in [-0.05, 0) is 75.0 Å². The third kappa shape index (κ3) is 2.38. The first-order valence-electron chi connectivity index (χ1n) is 8.47. The molecule has 4 rings (SSSR count). The largest absolute Gasteiger partial charge is 0.355 e. The number of rotatable bonds is 5. The molecule has 0 aliphatic heterocycles. The topological polar surface area (TPSA) is 55.1 Å². The molecule has 3 nitrogen and oxygen atoms in total. The fourth-order valence-electron chi connectivity index (χ4n) is 5.39. The quantitative estimate of drug-likeness (QED) is 0.812. The minimum absolute atomic E-state index is 0.165. The summed E-state index contributed by atoms with van der Waals surface area (Å²) in [5.74, 6) is 3.01. The Balaban J connectivity index is 1.62. The van der Waals surface area contributed by atoms with Crippen molar-refractivity contribution in [2.75, 3.05) is 13.1 Å². The van der Waals surface area contributed by atoms with Gasteiger partial charge in [0.05, 0.1) is 5.41 Å². The molecule has 4 bridgehead atoms. The van der Waals surface area contributed by atoms with Crippen LogP contribution in [0.3, 0.4) is 0 Å². The van der Waals surface area contributed by atoms with Gasteiger partial charge in [-0.15, -0.1) is 0 Å². The van der Waals surface area contributed by atoms with Crippen LogP contribution in [0.15, 0.2) is 0 Å². The molecule has 0 spiro atoms. The Morgan fingerprint density at radius 3 is 2.10 bits per heavy atom. The van der Waals surface area contributed by atoms with Gasteiger partial charge < -0.3 is 11.1 Å². The van der Waals surface area contributed by atoms with Crippen molar-refractivity contribution < 1.29 is 4.79 Å². The van der Waals surface area contributed by atoms with E-state index in [1.54, 1.807) is 0 Å². The lowest BCUT2D eigenvalue weighted by atomic mass is 9.49. The molecule has 1 unspecified atom stereocenters. The molecule has 3 heteroatoms. The molecule has 0 aromatic rings. The van der Waals surface area contributed by atoms with Gasteiger partial charge >= 0.3 is 0 Å². The summed E-state index contributed by atoms with van der Waals surface area (Å²) >= 11 is 0. The Kier molecular flexibility index (Phi) is 3.60. The van der Waals surface area contributed by atoms with E-state index in [4.69, 9.17) is 5.73 Å². The summed E-state index contributed by atoms with van der Waals surface area (Å²) in [4.78, 5) is 12.4. The second-order valence-electron chi connectivity index (χ2n) is 8.22. The summed E-state index contributed by atoms with van der Waals surface area (Å²) in [6.45, 7) is 5.38. The van der Waals surface area contributed by atoms with E-state index in [2.05, 4.69) is 12.2 Å². The highest BCUT2D eigenvalue weighted by atomic mass is 16.2. The lowest BCUT2D eigenvalue weighted by molar-refractivity contribution is -0.132. The van der Waals surface area contributed by atoms with Gasteiger partial charge in [-0.3, -0.25) is 4.79 Å². The maximum atomic E-state index is 12.4. The Labute approximate surface area is 123 Å². The number of carbonyl (C=O) groups is 1. The van der Waals surface area contributed by atoms with Gasteiger partial charge in [0.1, 0.15) is 0 Å². The summed E-state index contributed by atoms with van der Waals surface area (Å²) < 4.78 is 0. The fourth-order valence-corrected chi connectivity index (χ4v) is 5.39. The molecule has 0 saturated heterocycles. The van der Waals surface area contributed by atoms with E-state index in [-0.39, 0.29) is 11.3 Å². The smallest absolute Gasteiger partial charge is 0.227 e. The van der Waals surface area contributed by atoms with E-state index in [1.807, 2.05) is 6.92 Å². The van der Waals surface area contributed by atoms with Crippen LogP contribution < -0.4 is 11.1 Å². The summed E-state index contributed by atoms with van der Waals surface area (Å²) in [5.41, 5.74) is 5.83. The normalized spacial score (nSPS) is 41.5. The van der Waals surface area contributed by atoms with E-state index in [1.165, 1.54) is 38.5 Å². The zero-order chi connectivity index (χ0) is 14.4. The van der Waals surface area contributed by atoms with Crippen molar-refractivity contribution in [3.05, 3.63) is 0 Å². The Morgan fingerprint density at radius 1 is 1.20 bits per heavy atom. The summed E-state index contributed by atoms with van der Waals surface area (Å²) in [7, 11) is 0. The number of carbonyl (C=O) groups excluding carboxylic acids is 1. The zero-order valence-corrected chi connectivity index (χ0v) is 13.1. The molecule has 0 aromatic carbocycles. The molecule has 4 aliphatic carbocycles. The molecule has 1 atom stereocenters. The van der Waals surface area contributed by atoms with Crippen LogP contribution in [-0.2, 0) is 4.79 Å². The van der Waals surface area contributed by atoms with Gasteiger partial charge in [0.2, 0.25) is 5.91 Å². The highest BCUT2D eigenvalue weighted by molar-refractivity contribution is 5.82. The highest BCUT2D eigenvalue weighted by Crippen LogP contribution is 2.59. The number of nitrogens with two attached hydrogens (primary N) is 1. The molecule has 114 valence electrons. The van der Waals surface area contributed by atoms with Crippen LogP contribution in [0, 0.1) is 28.6 Å². The average Bonchev–Trinajstić information content (AvgIpc) is 2.42. The summed E-state index contributed by atoms with van der Waals surface area (Å²) in [5, 5.41) is 3.26. The summed E-state index contributed by atoms with van der Waals surface area (Å²) in [6, 6.07) is 0. The van der Waals surface area contributed by atoms with Crippen molar-refractivity contribution in [2.45, 2.75) is 58.8 Å². The molecule has 4 aliphatic rings. The van der Waals surface area contributed by atoms with Gasteiger partial charge in [-0.2, -0.15) is 0 Å². The molecule has 3 N–H and O–H groups in total. The SMILES string of the molecule is CCC(C)(CN)C(=O)NCC12CC3CC(CC(C3)C1)C2. The van der Waals surface area contributed by atoms with Crippen LogP contribution in [0.1, 0.15) is 58.8 Å². The molecule has 20 heavy (non-hydrogen) atoms. The lowest BCUT2D eigenvalue weighted by Crippen LogP contribution is -2.53. The maximum absolute atomic E-state index is 12.4. The van der Waals surface area contributed by atoms with Crippen molar-refractivity contribution in [2.24, 2.45) is 34.3 Å². The second-order valence-corrected chi connectivity index (χ2v) is 8.22. The van der Waals surface area contributed by atoms with Crippen molar-refractivity contribution >= 4 is 5.91 Å². The summed E-state index contributed by atoms with van der Waals surface area (Å²) in [6.07, 6.45) is 9.25. The first kappa shape index (κ1) is 14.4. The molecule has 0 heterocycles. The number of hydrogen-bond acceptors (Lipinski definition) is 2. The van der Waals surface area contributed by atoms with E-state index < -0.39 is 0 Å². The maximum Gasteiger partial charge on any atom is 0.227 e. The highest BCUT2D eigenvalue weighted by Gasteiger charge is 2.51. The van der Waals surface area contributed by atoms with Gasteiger partial charge in [-0.25, -0.2) is 0 Å². The van der Waals surface area contributed by atoms with Crippen LogP contribution >= 0.6 is 0 Å². The third-order valence-corrected chi connectivity index (χ3v) is 6.57. The first-order valence-corrected chi connectivity index (χ1v) is 8.47. The first-order chi connectivity index (χ1) is 9.48. The Morgan fingerprint density at radius 2 is 1.70 bits per heavy atom. The van der Waals surface area contributed by atoms with Gasteiger partial charge in [0.15, 0.2) is 0 Å². The molecule has 4 fully saturated rings. The number of amides is 1. The van der Waals surface area contributed by atoms with E-state index >= 15 is 0 Å². The minimum Gasteiger partial charge on any atom is -0.355 e. The standard InChI is InChI=1S/C17H30N2O/c1-3-16(2,10-18)15(20)19-11-17-7-12-4-13(8-17)6-14(5-12)9-17/h12-14H,3-11,18H2,1-2H3,(H,19,20). The van der Waals surface area contributed by atoms with Crippen molar-refractivity contribution in [3.63, 3.8) is 0 Å². The number of hydrogen-bond donors (Lipinski definition) is 2. The molecule has 0 aromatic heterocycles. The van der Waals surface area contributed by atoms with E-state index in [0.29, 0.717) is 12.0 Å². The van der Waals surface area contributed by atoms with Crippen molar-refractivity contribution in [3.8, 4) is 0 Å².